The van der Waals surface area contributed by atoms with Crippen LogP contribution in [0.4, 0.5) is 0 Å². The van der Waals surface area contributed by atoms with E-state index in [1.54, 1.807) is 19.5 Å². The summed E-state index contributed by atoms with van der Waals surface area (Å²) in [5.41, 5.74) is 2.02. The standard InChI is InChI=1S/C21H22N2O3/c1-25-17-5-2-15(3-6-17)20(23-10-12-26-13-11-23)19-7-4-16-14-22-9-8-18(16)21(19)24/h2-9,14,20,24H,10-13H2,1H3. The Hall–Kier alpha value is -2.63. The third-order valence-corrected chi connectivity index (χ3v) is 4.96. The Balaban J connectivity index is 1.82. The molecule has 1 fully saturated rings. The van der Waals surface area contributed by atoms with E-state index in [1.807, 2.05) is 30.3 Å². The number of hydrogen-bond donors (Lipinski definition) is 1. The van der Waals surface area contributed by atoms with E-state index in [-0.39, 0.29) is 6.04 Å². The lowest BCUT2D eigenvalue weighted by Gasteiger charge is -2.35. The van der Waals surface area contributed by atoms with Crippen LogP contribution in [0.3, 0.4) is 0 Å². The molecule has 1 unspecified atom stereocenters. The first kappa shape index (κ1) is 16.8. The molecule has 0 bridgehead atoms. The monoisotopic (exact) mass is 350 g/mol. The van der Waals surface area contributed by atoms with Gasteiger partial charge in [0.25, 0.3) is 0 Å². The van der Waals surface area contributed by atoms with Crippen LogP contribution in [0, 0.1) is 0 Å². The molecule has 0 radical (unpaired) electrons. The predicted octanol–water partition coefficient (Wildman–Crippen LogP) is 3.37. The molecular formula is C21H22N2O3. The van der Waals surface area contributed by atoms with Crippen molar-refractivity contribution in [2.75, 3.05) is 33.4 Å². The molecule has 1 atom stereocenters. The van der Waals surface area contributed by atoms with Gasteiger partial charge in [0.15, 0.2) is 0 Å². The second-order valence-corrected chi connectivity index (χ2v) is 6.42. The first-order chi connectivity index (χ1) is 12.8. The van der Waals surface area contributed by atoms with Crippen molar-refractivity contribution in [3.8, 4) is 11.5 Å². The molecular weight excluding hydrogens is 328 g/mol. The largest absolute Gasteiger partial charge is 0.507 e. The van der Waals surface area contributed by atoms with E-state index in [4.69, 9.17) is 9.47 Å². The Labute approximate surface area is 152 Å². The number of morpholine rings is 1. The van der Waals surface area contributed by atoms with Crippen molar-refractivity contribution < 1.29 is 14.6 Å². The van der Waals surface area contributed by atoms with Crippen molar-refractivity contribution in [1.82, 2.24) is 9.88 Å². The Kier molecular flexibility index (Phi) is 4.73. The van der Waals surface area contributed by atoms with Gasteiger partial charge in [0.1, 0.15) is 11.5 Å². The zero-order valence-electron chi connectivity index (χ0n) is 14.8. The van der Waals surface area contributed by atoms with Gasteiger partial charge in [0, 0.05) is 41.8 Å². The first-order valence-corrected chi connectivity index (χ1v) is 8.79. The van der Waals surface area contributed by atoms with Gasteiger partial charge in [-0.05, 0) is 23.8 Å². The maximum atomic E-state index is 11.0. The quantitative estimate of drug-likeness (QED) is 0.782. The van der Waals surface area contributed by atoms with E-state index in [2.05, 4.69) is 22.0 Å². The predicted molar refractivity (Wildman–Crippen MR) is 101 cm³/mol. The SMILES string of the molecule is COc1ccc(C(c2ccc3cnccc3c2O)N2CCOCC2)cc1. The Bertz CT molecular complexity index is 889. The number of nitrogens with zero attached hydrogens (tertiary/aromatic N) is 2. The van der Waals surface area contributed by atoms with E-state index in [1.165, 1.54) is 0 Å². The van der Waals surface area contributed by atoms with Gasteiger partial charge in [0.05, 0.1) is 26.4 Å². The number of methoxy groups -OCH3 is 1. The van der Waals surface area contributed by atoms with Crippen molar-refractivity contribution in [1.29, 1.82) is 0 Å². The summed E-state index contributed by atoms with van der Waals surface area (Å²) in [6, 6.07) is 13.9. The molecule has 5 heteroatoms. The normalized spacial score (nSPS) is 16.5. The number of pyridine rings is 1. The molecule has 1 N–H and O–H groups in total. The zero-order chi connectivity index (χ0) is 17.9. The van der Waals surface area contributed by atoms with E-state index in [9.17, 15) is 5.11 Å². The molecule has 1 aliphatic heterocycles. The molecule has 0 saturated carbocycles. The molecule has 0 spiro atoms. The van der Waals surface area contributed by atoms with Crippen LogP contribution in [-0.4, -0.2) is 48.4 Å². The van der Waals surface area contributed by atoms with Crippen LogP contribution in [-0.2, 0) is 4.74 Å². The molecule has 0 aliphatic carbocycles. The highest BCUT2D eigenvalue weighted by atomic mass is 16.5. The van der Waals surface area contributed by atoms with Crippen LogP contribution in [0.1, 0.15) is 17.2 Å². The number of ether oxygens (including phenoxy) is 2. The summed E-state index contributed by atoms with van der Waals surface area (Å²) in [6.07, 6.45) is 3.49. The van der Waals surface area contributed by atoms with Crippen LogP contribution in [0.15, 0.2) is 54.9 Å². The zero-order valence-corrected chi connectivity index (χ0v) is 14.8. The van der Waals surface area contributed by atoms with E-state index in [0.29, 0.717) is 19.0 Å². The van der Waals surface area contributed by atoms with Crippen LogP contribution in [0.25, 0.3) is 10.8 Å². The van der Waals surface area contributed by atoms with Gasteiger partial charge in [-0.1, -0.05) is 24.3 Å². The minimum atomic E-state index is -0.0395. The molecule has 134 valence electrons. The summed E-state index contributed by atoms with van der Waals surface area (Å²) in [5.74, 6) is 1.14. The highest BCUT2D eigenvalue weighted by Gasteiger charge is 2.27. The summed E-state index contributed by atoms with van der Waals surface area (Å²) in [4.78, 5) is 6.50. The summed E-state index contributed by atoms with van der Waals surface area (Å²) >= 11 is 0. The van der Waals surface area contributed by atoms with Crippen molar-refractivity contribution in [2.45, 2.75) is 6.04 Å². The van der Waals surface area contributed by atoms with E-state index >= 15 is 0 Å². The summed E-state index contributed by atoms with van der Waals surface area (Å²) in [5, 5.41) is 12.8. The average Bonchev–Trinajstić information content (AvgIpc) is 2.71. The summed E-state index contributed by atoms with van der Waals surface area (Å²) in [6.45, 7) is 3.05. The van der Waals surface area contributed by atoms with E-state index < -0.39 is 0 Å². The average molecular weight is 350 g/mol. The second-order valence-electron chi connectivity index (χ2n) is 6.42. The maximum Gasteiger partial charge on any atom is 0.128 e. The number of hydrogen-bond acceptors (Lipinski definition) is 5. The lowest BCUT2D eigenvalue weighted by atomic mass is 9.93. The van der Waals surface area contributed by atoms with Crippen molar-refractivity contribution in [3.05, 3.63) is 66.0 Å². The topological polar surface area (TPSA) is 54.8 Å². The van der Waals surface area contributed by atoms with Crippen molar-refractivity contribution in [3.63, 3.8) is 0 Å². The van der Waals surface area contributed by atoms with Gasteiger partial charge in [-0.15, -0.1) is 0 Å². The maximum absolute atomic E-state index is 11.0. The van der Waals surface area contributed by atoms with Crippen LogP contribution >= 0.6 is 0 Å². The number of phenols is 1. The minimum Gasteiger partial charge on any atom is -0.507 e. The number of aromatic nitrogens is 1. The highest BCUT2D eigenvalue weighted by molar-refractivity contribution is 5.88. The fourth-order valence-electron chi connectivity index (χ4n) is 3.60. The third-order valence-electron chi connectivity index (χ3n) is 4.96. The molecule has 5 nitrogen and oxygen atoms in total. The summed E-state index contributed by atoms with van der Waals surface area (Å²) < 4.78 is 10.8. The number of fused-ring (bicyclic) bond motifs is 1. The lowest BCUT2D eigenvalue weighted by molar-refractivity contribution is 0.0236. The van der Waals surface area contributed by atoms with E-state index in [0.717, 1.165) is 40.7 Å². The van der Waals surface area contributed by atoms with Gasteiger partial charge >= 0.3 is 0 Å². The first-order valence-electron chi connectivity index (χ1n) is 8.79. The number of benzene rings is 2. The Morgan fingerprint density at radius 1 is 1.08 bits per heavy atom. The van der Waals surface area contributed by atoms with Gasteiger partial charge in [-0.3, -0.25) is 9.88 Å². The van der Waals surface area contributed by atoms with Crippen molar-refractivity contribution in [2.24, 2.45) is 0 Å². The lowest BCUT2D eigenvalue weighted by Crippen LogP contribution is -2.39. The number of rotatable bonds is 4. The van der Waals surface area contributed by atoms with Gasteiger partial charge in [-0.25, -0.2) is 0 Å². The fourth-order valence-corrected chi connectivity index (χ4v) is 3.60. The Morgan fingerprint density at radius 3 is 2.58 bits per heavy atom. The smallest absolute Gasteiger partial charge is 0.128 e. The van der Waals surface area contributed by atoms with Crippen LogP contribution < -0.4 is 4.74 Å². The van der Waals surface area contributed by atoms with Gasteiger partial charge in [-0.2, -0.15) is 0 Å². The number of phenolic OH excluding ortho intramolecular Hbond substituents is 1. The molecule has 4 rings (SSSR count). The molecule has 0 amide bonds. The van der Waals surface area contributed by atoms with Crippen LogP contribution in [0.2, 0.25) is 0 Å². The third kappa shape index (κ3) is 3.11. The van der Waals surface area contributed by atoms with Crippen molar-refractivity contribution >= 4 is 10.8 Å². The number of aromatic hydroxyl groups is 1. The van der Waals surface area contributed by atoms with Crippen LogP contribution in [0.5, 0.6) is 11.5 Å². The molecule has 2 aromatic carbocycles. The fraction of sp³-hybridized carbons (Fsp3) is 0.286. The molecule has 2 heterocycles. The second kappa shape index (κ2) is 7.32. The minimum absolute atomic E-state index is 0.0395. The molecule has 1 aromatic heterocycles. The van der Waals surface area contributed by atoms with Gasteiger partial charge in [0.2, 0.25) is 0 Å². The Morgan fingerprint density at radius 2 is 1.85 bits per heavy atom. The molecule has 1 aliphatic rings. The molecule has 1 saturated heterocycles. The molecule has 26 heavy (non-hydrogen) atoms. The summed E-state index contributed by atoms with van der Waals surface area (Å²) in [7, 11) is 1.66. The highest BCUT2D eigenvalue weighted by Crippen LogP contribution is 2.39. The van der Waals surface area contributed by atoms with Gasteiger partial charge < -0.3 is 14.6 Å². The molecule has 3 aromatic rings.